The van der Waals surface area contributed by atoms with Crippen molar-refractivity contribution < 1.29 is 33.7 Å². The Labute approximate surface area is 253 Å². The molecule has 222 valence electrons. The lowest BCUT2D eigenvalue weighted by atomic mass is 9.74. The highest BCUT2D eigenvalue weighted by Crippen LogP contribution is 2.52. The maximum atomic E-state index is 16.6. The van der Waals surface area contributed by atoms with Gasteiger partial charge in [0.15, 0.2) is 5.72 Å². The zero-order valence-corrected chi connectivity index (χ0v) is 24.8. The molecule has 1 amide bonds. The summed E-state index contributed by atoms with van der Waals surface area (Å²) in [5.74, 6) is -2.74. The monoisotopic (exact) mass is 615 g/mol. The number of ether oxygens (including phenoxy) is 2. The molecule has 3 aromatic rings. The average molecular weight is 617 g/mol. The smallest absolute Gasteiger partial charge is 0.305 e. The standard InChI is InChI=1S/C32H32Cl2FNO6/c1-3-31(40,20-12-14-42-15-13-20)22-16-25-29(26(35)17-22)32(41-2,21-6-10-24(34)11-7-21)36(30(25)39)27(18-28(37)38)19-4-8-23(33)9-5-19/h4-11,16-17,20,27,40H,3,12-15,18H2,1-2H3,(H,37,38)/t27-,31-,32-/m1/s1. The van der Waals surface area contributed by atoms with E-state index in [0.717, 1.165) is 0 Å². The maximum absolute atomic E-state index is 16.6. The number of carboxylic acid groups (broad SMARTS) is 1. The molecule has 1 fully saturated rings. The van der Waals surface area contributed by atoms with Crippen LogP contribution < -0.4 is 0 Å². The molecule has 0 aromatic heterocycles. The number of rotatable bonds is 9. The fourth-order valence-corrected chi connectivity index (χ4v) is 6.77. The molecular formula is C32H32Cl2FNO6. The average Bonchev–Trinajstić information content (AvgIpc) is 3.25. The summed E-state index contributed by atoms with van der Waals surface area (Å²) in [5.41, 5.74) is -2.17. The van der Waals surface area contributed by atoms with Gasteiger partial charge in [0.05, 0.1) is 29.2 Å². The summed E-state index contributed by atoms with van der Waals surface area (Å²) in [7, 11) is 1.35. The Morgan fingerprint density at radius 3 is 2.26 bits per heavy atom. The molecule has 0 aliphatic carbocycles. The van der Waals surface area contributed by atoms with Gasteiger partial charge in [-0.3, -0.25) is 14.5 Å². The lowest BCUT2D eigenvalue weighted by Gasteiger charge is -2.42. The SMILES string of the molecule is CC[C@](O)(c1cc(F)c2c(c1)C(=O)N([C@H](CC(=O)O)c1ccc(Cl)cc1)[C@@]2(OC)c1ccc(Cl)cc1)C1CCOCC1. The van der Waals surface area contributed by atoms with Gasteiger partial charge >= 0.3 is 5.97 Å². The third kappa shape index (κ3) is 5.09. The fourth-order valence-electron chi connectivity index (χ4n) is 6.51. The summed E-state index contributed by atoms with van der Waals surface area (Å²) in [5, 5.41) is 22.7. The van der Waals surface area contributed by atoms with Crippen molar-refractivity contribution in [2.45, 2.75) is 50.0 Å². The van der Waals surface area contributed by atoms with Gasteiger partial charge in [0.2, 0.25) is 0 Å². The van der Waals surface area contributed by atoms with Crippen molar-refractivity contribution in [3.05, 3.63) is 104 Å². The molecule has 0 radical (unpaired) electrons. The topological polar surface area (TPSA) is 96.3 Å². The minimum absolute atomic E-state index is 0.00918. The molecular weight excluding hydrogens is 584 g/mol. The Bertz CT molecular complexity index is 1480. The lowest BCUT2D eigenvalue weighted by molar-refractivity contribution is -0.142. The van der Waals surface area contributed by atoms with Gasteiger partial charge in [-0.25, -0.2) is 4.39 Å². The predicted octanol–water partition coefficient (Wildman–Crippen LogP) is 6.68. The van der Waals surface area contributed by atoms with Crippen LogP contribution >= 0.6 is 23.2 Å². The first-order chi connectivity index (χ1) is 20.1. The highest BCUT2D eigenvalue weighted by Gasteiger charge is 2.57. The molecule has 1 saturated heterocycles. The molecule has 2 aliphatic rings. The lowest BCUT2D eigenvalue weighted by Crippen LogP contribution is -2.49. The van der Waals surface area contributed by atoms with E-state index >= 15 is 4.39 Å². The number of carboxylic acids is 1. The Morgan fingerprint density at radius 1 is 1.12 bits per heavy atom. The van der Waals surface area contributed by atoms with Crippen LogP contribution in [0.5, 0.6) is 0 Å². The third-order valence-corrected chi connectivity index (χ3v) is 9.12. The summed E-state index contributed by atoms with van der Waals surface area (Å²) >= 11 is 12.3. The van der Waals surface area contributed by atoms with Crippen molar-refractivity contribution in [3.8, 4) is 0 Å². The molecule has 3 aromatic carbocycles. The molecule has 2 heterocycles. The van der Waals surface area contributed by atoms with Crippen LogP contribution in [0.25, 0.3) is 0 Å². The van der Waals surface area contributed by atoms with Gasteiger partial charge in [0.25, 0.3) is 5.91 Å². The summed E-state index contributed by atoms with van der Waals surface area (Å²) in [4.78, 5) is 28.0. The first-order valence-electron chi connectivity index (χ1n) is 13.8. The molecule has 7 nitrogen and oxygen atoms in total. The van der Waals surface area contributed by atoms with Crippen LogP contribution in [0.4, 0.5) is 4.39 Å². The second kappa shape index (κ2) is 11.9. The minimum atomic E-state index is -1.84. The molecule has 2 N–H and O–H groups in total. The second-order valence-electron chi connectivity index (χ2n) is 10.7. The van der Waals surface area contributed by atoms with Gasteiger partial charge in [-0.05, 0) is 72.7 Å². The number of hydrogen-bond donors (Lipinski definition) is 2. The zero-order chi connectivity index (χ0) is 30.2. The minimum Gasteiger partial charge on any atom is -0.481 e. The van der Waals surface area contributed by atoms with E-state index in [1.807, 2.05) is 6.92 Å². The predicted molar refractivity (Wildman–Crippen MR) is 156 cm³/mol. The number of benzene rings is 3. The number of halogens is 3. The third-order valence-electron chi connectivity index (χ3n) is 8.62. The Kier molecular flexibility index (Phi) is 8.65. The summed E-state index contributed by atoms with van der Waals surface area (Å²) in [6.07, 6.45) is 0.989. The van der Waals surface area contributed by atoms with E-state index in [4.69, 9.17) is 32.7 Å². The number of carbonyl (C=O) groups excluding carboxylic acids is 1. The molecule has 0 spiro atoms. The van der Waals surface area contributed by atoms with E-state index in [1.165, 1.54) is 24.1 Å². The van der Waals surface area contributed by atoms with Crippen LogP contribution in [-0.2, 0) is 25.6 Å². The van der Waals surface area contributed by atoms with E-state index in [1.54, 1.807) is 48.5 Å². The normalized spacial score (nSPS) is 21.2. The largest absolute Gasteiger partial charge is 0.481 e. The van der Waals surface area contributed by atoms with Crippen LogP contribution in [0, 0.1) is 11.7 Å². The number of carbonyl (C=O) groups is 2. The first-order valence-corrected chi connectivity index (χ1v) is 14.6. The van der Waals surface area contributed by atoms with E-state index in [9.17, 15) is 19.8 Å². The van der Waals surface area contributed by atoms with E-state index in [2.05, 4.69) is 0 Å². The highest BCUT2D eigenvalue weighted by molar-refractivity contribution is 6.30. The molecule has 0 bridgehead atoms. The second-order valence-corrected chi connectivity index (χ2v) is 11.6. The van der Waals surface area contributed by atoms with Crippen molar-refractivity contribution >= 4 is 35.1 Å². The van der Waals surface area contributed by atoms with Gasteiger partial charge in [-0.2, -0.15) is 0 Å². The van der Waals surface area contributed by atoms with Crippen molar-refractivity contribution in [1.29, 1.82) is 0 Å². The molecule has 0 unspecified atom stereocenters. The van der Waals surface area contributed by atoms with Gasteiger partial charge < -0.3 is 19.7 Å². The summed E-state index contributed by atoms with van der Waals surface area (Å²) < 4.78 is 28.2. The Balaban J connectivity index is 1.77. The highest BCUT2D eigenvalue weighted by atomic mass is 35.5. The fraction of sp³-hybridized carbons (Fsp3) is 0.375. The zero-order valence-electron chi connectivity index (χ0n) is 23.3. The van der Waals surface area contributed by atoms with Crippen molar-refractivity contribution in [3.63, 3.8) is 0 Å². The van der Waals surface area contributed by atoms with Crippen LogP contribution in [-0.4, -0.2) is 47.3 Å². The maximum Gasteiger partial charge on any atom is 0.305 e. The van der Waals surface area contributed by atoms with E-state index < -0.39 is 41.5 Å². The van der Waals surface area contributed by atoms with Gasteiger partial charge in [0, 0.05) is 35.9 Å². The van der Waals surface area contributed by atoms with Crippen LogP contribution in [0.3, 0.4) is 0 Å². The molecule has 42 heavy (non-hydrogen) atoms. The molecule has 5 rings (SSSR count). The van der Waals surface area contributed by atoms with Crippen LogP contribution in [0.1, 0.15) is 71.3 Å². The number of aliphatic hydroxyl groups is 1. The Morgan fingerprint density at radius 2 is 1.71 bits per heavy atom. The number of nitrogens with zero attached hydrogens (tertiary/aromatic N) is 1. The van der Waals surface area contributed by atoms with Gasteiger partial charge in [0.1, 0.15) is 5.82 Å². The molecule has 0 saturated carbocycles. The van der Waals surface area contributed by atoms with Gasteiger partial charge in [-0.1, -0.05) is 54.4 Å². The Hall–Kier alpha value is -3.01. The molecule has 10 heteroatoms. The number of hydrogen-bond acceptors (Lipinski definition) is 5. The first kappa shape index (κ1) is 30.4. The van der Waals surface area contributed by atoms with E-state index in [-0.39, 0.29) is 22.6 Å². The summed E-state index contributed by atoms with van der Waals surface area (Å²) in [6, 6.07) is 14.6. The van der Waals surface area contributed by atoms with Crippen molar-refractivity contribution in [2.75, 3.05) is 20.3 Å². The number of methoxy groups -OCH3 is 1. The van der Waals surface area contributed by atoms with Gasteiger partial charge in [-0.15, -0.1) is 0 Å². The number of aliphatic carboxylic acids is 1. The van der Waals surface area contributed by atoms with Crippen LogP contribution in [0.2, 0.25) is 10.0 Å². The summed E-state index contributed by atoms with van der Waals surface area (Å²) in [6.45, 7) is 2.79. The van der Waals surface area contributed by atoms with Crippen LogP contribution in [0.15, 0.2) is 60.7 Å². The quantitative estimate of drug-likeness (QED) is 0.279. The van der Waals surface area contributed by atoms with Crippen molar-refractivity contribution in [2.24, 2.45) is 5.92 Å². The molecule has 2 aliphatic heterocycles. The number of fused-ring (bicyclic) bond motifs is 1. The van der Waals surface area contributed by atoms with E-state index in [0.29, 0.717) is 53.6 Å². The van der Waals surface area contributed by atoms with Crippen molar-refractivity contribution in [1.82, 2.24) is 4.90 Å². The number of amides is 1. The molecule has 3 atom stereocenters.